The van der Waals surface area contributed by atoms with Crippen molar-refractivity contribution in [3.63, 3.8) is 0 Å². The minimum Gasteiger partial charge on any atom is -0.487 e. The number of ether oxygens (including phenoxy) is 2. The molecule has 0 unspecified atom stereocenters. The van der Waals surface area contributed by atoms with Crippen LogP contribution >= 0.6 is 0 Å². The highest BCUT2D eigenvalue weighted by atomic mass is 19.1. The SMILES string of the molecule is NC[C@H]1CC[C@@H](C(=O)Nc2ccc(OC3CCC3)c(F)c2)O1. The monoisotopic (exact) mass is 308 g/mol. The molecule has 2 fully saturated rings. The van der Waals surface area contributed by atoms with Crippen molar-refractivity contribution < 1.29 is 18.7 Å². The minimum atomic E-state index is -0.512. The molecule has 3 N–H and O–H groups in total. The first-order valence-electron chi connectivity index (χ1n) is 7.78. The molecule has 1 saturated heterocycles. The molecule has 3 rings (SSSR count). The molecule has 2 atom stereocenters. The Morgan fingerprint density at radius 3 is 2.77 bits per heavy atom. The predicted octanol–water partition coefficient (Wildman–Crippen LogP) is 2.20. The van der Waals surface area contributed by atoms with Crippen molar-refractivity contribution in [3.05, 3.63) is 24.0 Å². The van der Waals surface area contributed by atoms with Crippen LogP contribution in [0.2, 0.25) is 0 Å². The first kappa shape index (κ1) is 15.2. The molecule has 6 heteroatoms. The molecule has 0 radical (unpaired) electrons. The third-order valence-electron chi connectivity index (χ3n) is 4.21. The number of hydrogen-bond donors (Lipinski definition) is 2. The van der Waals surface area contributed by atoms with Crippen LogP contribution in [0.15, 0.2) is 18.2 Å². The molecule has 120 valence electrons. The van der Waals surface area contributed by atoms with E-state index in [9.17, 15) is 9.18 Å². The summed E-state index contributed by atoms with van der Waals surface area (Å²) >= 11 is 0. The maximum atomic E-state index is 14.0. The van der Waals surface area contributed by atoms with E-state index in [2.05, 4.69) is 5.32 Å². The van der Waals surface area contributed by atoms with Crippen LogP contribution in [-0.4, -0.2) is 30.8 Å². The molecule has 1 amide bonds. The van der Waals surface area contributed by atoms with Gasteiger partial charge in [0.15, 0.2) is 11.6 Å². The lowest BCUT2D eigenvalue weighted by Gasteiger charge is -2.26. The number of anilines is 1. The van der Waals surface area contributed by atoms with Gasteiger partial charge in [0.2, 0.25) is 0 Å². The Morgan fingerprint density at radius 1 is 1.36 bits per heavy atom. The van der Waals surface area contributed by atoms with Gasteiger partial charge >= 0.3 is 0 Å². The van der Waals surface area contributed by atoms with E-state index in [-0.39, 0.29) is 23.9 Å². The average Bonchev–Trinajstić information content (AvgIpc) is 2.93. The first-order valence-corrected chi connectivity index (χ1v) is 7.78. The van der Waals surface area contributed by atoms with Crippen LogP contribution < -0.4 is 15.8 Å². The van der Waals surface area contributed by atoms with Crippen molar-refractivity contribution in [1.29, 1.82) is 0 Å². The standard InChI is InChI=1S/C16H21FN2O3/c17-13-8-10(4-6-14(13)21-11-2-1-3-11)19-16(20)15-7-5-12(9-18)22-15/h4,6,8,11-12,15H,1-3,5,7,9,18H2,(H,19,20)/t12-,15+/m1/s1. The Morgan fingerprint density at radius 2 is 2.18 bits per heavy atom. The average molecular weight is 308 g/mol. The zero-order valence-corrected chi connectivity index (χ0v) is 12.4. The van der Waals surface area contributed by atoms with Crippen molar-refractivity contribution >= 4 is 11.6 Å². The number of nitrogens with one attached hydrogen (secondary N) is 1. The number of hydrogen-bond acceptors (Lipinski definition) is 4. The van der Waals surface area contributed by atoms with E-state index in [1.165, 1.54) is 6.07 Å². The van der Waals surface area contributed by atoms with E-state index in [0.717, 1.165) is 25.7 Å². The summed E-state index contributed by atoms with van der Waals surface area (Å²) in [5.41, 5.74) is 5.93. The zero-order valence-electron chi connectivity index (χ0n) is 12.4. The van der Waals surface area contributed by atoms with E-state index in [1.807, 2.05) is 0 Å². The molecule has 0 aromatic heterocycles. The fraction of sp³-hybridized carbons (Fsp3) is 0.562. The fourth-order valence-corrected chi connectivity index (χ4v) is 2.64. The molecule has 1 saturated carbocycles. The normalized spacial score (nSPS) is 24.8. The van der Waals surface area contributed by atoms with Gasteiger partial charge in [-0.1, -0.05) is 0 Å². The Hall–Kier alpha value is -1.66. The Balaban J connectivity index is 1.58. The number of carbonyl (C=O) groups excluding carboxylic acids is 1. The van der Waals surface area contributed by atoms with Gasteiger partial charge in [0.05, 0.1) is 12.2 Å². The number of amides is 1. The van der Waals surface area contributed by atoms with Crippen LogP contribution in [0.4, 0.5) is 10.1 Å². The Bertz CT molecular complexity index is 548. The van der Waals surface area contributed by atoms with Crippen LogP contribution in [-0.2, 0) is 9.53 Å². The van der Waals surface area contributed by atoms with Gasteiger partial charge in [0.25, 0.3) is 5.91 Å². The quantitative estimate of drug-likeness (QED) is 0.874. The molecular formula is C16H21FN2O3. The van der Waals surface area contributed by atoms with E-state index >= 15 is 0 Å². The van der Waals surface area contributed by atoms with Crippen molar-refractivity contribution in [1.82, 2.24) is 0 Å². The fourth-order valence-electron chi connectivity index (χ4n) is 2.64. The third-order valence-corrected chi connectivity index (χ3v) is 4.21. The van der Waals surface area contributed by atoms with Crippen molar-refractivity contribution in [2.75, 3.05) is 11.9 Å². The number of nitrogens with two attached hydrogens (primary N) is 1. The van der Waals surface area contributed by atoms with Crippen molar-refractivity contribution in [3.8, 4) is 5.75 Å². The van der Waals surface area contributed by atoms with Gasteiger partial charge in [-0.15, -0.1) is 0 Å². The van der Waals surface area contributed by atoms with Gasteiger partial charge in [0, 0.05) is 18.3 Å². The molecule has 1 aliphatic carbocycles. The summed E-state index contributed by atoms with van der Waals surface area (Å²) in [6.45, 7) is 0.408. The molecule has 1 aromatic carbocycles. The molecule has 2 aliphatic rings. The molecule has 1 aliphatic heterocycles. The van der Waals surface area contributed by atoms with E-state index in [0.29, 0.717) is 18.7 Å². The van der Waals surface area contributed by atoms with Gasteiger partial charge in [-0.2, -0.15) is 0 Å². The Kier molecular flexibility index (Phi) is 4.59. The van der Waals surface area contributed by atoms with E-state index in [1.54, 1.807) is 12.1 Å². The van der Waals surface area contributed by atoms with Crippen LogP contribution in [0.5, 0.6) is 5.75 Å². The van der Waals surface area contributed by atoms with Crippen molar-refractivity contribution in [2.45, 2.75) is 50.4 Å². The summed E-state index contributed by atoms with van der Waals surface area (Å²) < 4.78 is 25.1. The first-order chi connectivity index (χ1) is 10.7. The summed E-state index contributed by atoms with van der Waals surface area (Å²) in [5, 5.41) is 2.68. The van der Waals surface area contributed by atoms with Gasteiger partial charge in [-0.3, -0.25) is 4.79 Å². The minimum absolute atomic E-state index is 0.0641. The smallest absolute Gasteiger partial charge is 0.253 e. The molecule has 5 nitrogen and oxygen atoms in total. The third kappa shape index (κ3) is 3.39. The molecule has 0 spiro atoms. The zero-order chi connectivity index (χ0) is 15.5. The number of halogens is 1. The van der Waals surface area contributed by atoms with Gasteiger partial charge in [0.1, 0.15) is 6.10 Å². The number of carbonyl (C=O) groups is 1. The van der Waals surface area contributed by atoms with Crippen LogP contribution in [0.25, 0.3) is 0 Å². The maximum Gasteiger partial charge on any atom is 0.253 e. The van der Waals surface area contributed by atoms with Crippen LogP contribution in [0, 0.1) is 5.82 Å². The second kappa shape index (κ2) is 6.62. The maximum absolute atomic E-state index is 14.0. The molecular weight excluding hydrogens is 287 g/mol. The summed E-state index contributed by atoms with van der Waals surface area (Å²) in [4.78, 5) is 12.1. The highest BCUT2D eigenvalue weighted by Gasteiger charge is 2.30. The van der Waals surface area contributed by atoms with E-state index in [4.69, 9.17) is 15.2 Å². The predicted molar refractivity (Wildman–Crippen MR) is 80.2 cm³/mol. The van der Waals surface area contributed by atoms with Crippen LogP contribution in [0.3, 0.4) is 0 Å². The molecule has 1 aromatic rings. The summed E-state index contributed by atoms with van der Waals surface area (Å²) in [7, 11) is 0. The van der Waals surface area contributed by atoms with Gasteiger partial charge in [-0.25, -0.2) is 4.39 Å². The Labute approximate surface area is 129 Å². The van der Waals surface area contributed by atoms with E-state index < -0.39 is 11.9 Å². The van der Waals surface area contributed by atoms with Gasteiger partial charge < -0.3 is 20.5 Å². The number of benzene rings is 1. The molecule has 0 bridgehead atoms. The lowest BCUT2D eigenvalue weighted by atomic mass is 9.96. The number of rotatable bonds is 5. The highest BCUT2D eigenvalue weighted by molar-refractivity contribution is 5.94. The lowest BCUT2D eigenvalue weighted by Crippen LogP contribution is -2.29. The largest absolute Gasteiger partial charge is 0.487 e. The summed E-state index contributed by atoms with van der Waals surface area (Å²) in [6, 6.07) is 4.48. The topological polar surface area (TPSA) is 73.6 Å². The van der Waals surface area contributed by atoms with Crippen molar-refractivity contribution in [2.24, 2.45) is 5.73 Å². The second-order valence-electron chi connectivity index (χ2n) is 5.87. The van der Waals surface area contributed by atoms with Crippen LogP contribution in [0.1, 0.15) is 32.1 Å². The summed E-state index contributed by atoms with van der Waals surface area (Å²) in [5.74, 6) is -0.483. The molecule has 1 heterocycles. The lowest BCUT2D eigenvalue weighted by molar-refractivity contribution is -0.126. The molecule has 22 heavy (non-hydrogen) atoms. The second-order valence-corrected chi connectivity index (χ2v) is 5.87. The summed E-state index contributed by atoms with van der Waals surface area (Å²) in [6.07, 6.45) is 4.03. The van der Waals surface area contributed by atoms with Gasteiger partial charge in [-0.05, 0) is 44.2 Å². The highest BCUT2D eigenvalue weighted by Crippen LogP contribution is 2.29.